The summed E-state index contributed by atoms with van der Waals surface area (Å²) in [4.78, 5) is 25.3. The Morgan fingerprint density at radius 2 is 1.76 bits per heavy atom. The van der Waals surface area contributed by atoms with Gasteiger partial charge in [-0.2, -0.15) is 0 Å². The van der Waals surface area contributed by atoms with Crippen molar-refractivity contribution in [2.75, 3.05) is 19.8 Å². The van der Waals surface area contributed by atoms with Crippen molar-refractivity contribution in [1.29, 1.82) is 0 Å². The molecule has 2 aromatic rings. The summed E-state index contributed by atoms with van der Waals surface area (Å²) in [6.07, 6.45) is -0.124. The molecular weight excluding hydrogens is 322 g/mol. The number of aliphatic carboxylic acids is 1. The van der Waals surface area contributed by atoms with E-state index in [1.807, 2.05) is 30.3 Å². The van der Waals surface area contributed by atoms with Crippen molar-refractivity contribution in [3.05, 3.63) is 60.2 Å². The molecule has 1 amide bonds. The van der Waals surface area contributed by atoms with Gasteiger partial charge >= 0.3 is 5.97 Å². The third kappa shape index (κ3) is 4.36. The minimum Gasteiger partial charge on any atom is -0.481 e. The van der Waals surface area contributed by atoms with Crippen LogP contribution in [0.4, 0.5) is 0 Å². The van der Waals surface area contributed by atoms with Gasteiger partial charge in [-0.3, -0.25) is 9.59 Å². The zero-order valence-corrected chi connectivity index (χ0v) is 13.6. The molecule has 1 atom stereocenters. The number of benzene rings is 2. The summed E-state index contributed by atoms with van der Waals surface area (Å²) >= 11 is 0. The topological polar surface area (TPSA) is 76.1 Å². The average molecular weight is 341 g/mol. The Bertz CT molecular complexity index is 729. The monoisotopic (exact) mass is 341 g/mol. The number of nitrogens with zero attached hydrogens (tertiary/aromatic N) is 1. The van der Waals surface area contributed by atoms with Crippen LogP contribution < -0.4 is 4.74 Å². The predicted molar refractivity (Wildman–Crippen MR) is 90.9 cm³/mol. The number of morpholine rings is 1. The van der Waals surface area contributed by atoms with Gasteiger partial charge < -0.3 is 19.5 Å². The molecule has 2 aromatic carbocycles. The molecule has 0 spiro atoms. The van der Waals surface area contributed by atoms with E-state index < -0.39 is 12.0 Å². The number of ether oxygens (including phenoxy) is 2. The van der Waals surface area contributed by atoms with Gasteiger partial charge in [0.25, 0.3) is 5.91 Å². The summed E-state index contributed by atoms with van der Waals surface area (Å²) in [6.45, 7) is 1.04. The van der Waals surface area contributed by atoms with Gasteiger partial charge in [0.2, 0.25) is 0 Å². The van der Waals surface area contributed by atoms with E-state index in [0.717, 1.165) is 5.75 Å². The van der Waals surface area contributed by atoms with Crippen LogP contribution in [-0.4, -0.2) is 47.7 Å². The van der Waals surface area contributed by atoms with Gasteiger partial charge in [0.05, 0.1) is 25.7 Å². The number of amides is 1. The summed E-state index contributed by atoms with van der Waals surface area (Å²) in [7, 11) is 0. The first-order valence-electron chi connectivity index (χ1n) is 8.07. The standard InChI is InChI=1S/C19H19NO5/c21-18(22)12-15-13-24-11-10-20(15)19(23)14-6-8-17(9-7-14)25-16-4-2-1-3-5-16/h1-9,15H,10-13H2,(H,21,22)/t15-/m0/s1. The van der Waals surface area contributed by atoms with E-state index in [2.05, 4.69) is 0 Å². The number of rotatable bonds is 5. The van der Waals surface area contributed by atoms with Crippen molar-refractivity contribution in [2.24, 2.45) is 0 Å². The summed E-state index contributed by atoms with van der Waals surface area (Å²) in [6, 6.07) is 15.8. The molecule has 1 saturated heterocycles. The highest BCUT2D eigenvalue weighted by atomic mass is 16.5. The second-order valence-corrected chi connectivity index (χ2v) is 5.76. The molecule has 1 N–H and O–H groups in total. The van der Waals surface area contributed by atoms with E-state index in [-0.39, 0.29) is 18.9 Å². The molecule has 0 aromatic heterocycles. The predicted octanol–water partition coefficient (Wildman–Crippen LogP) is 2.79. The van der Waals surface area contributed by atoms with Crippen molar-refractivity contribution in [2.45, 2.75) is 12.5 Å². The highest BCUT2D eigenvalue weighted by molar-refractivity contribution is 5.94. The fraction of sp³-hybridized carbons (Fsp3) is 0.263. The minimum atomic E-state index is -0.945. The number of carbonyl (C=O) groups excluding carboxylic acids is 1. The first-order chi connectivity index (χ1) is 12.1. The average Bonchev–Trinajstić information content (AvgIpc) is 2.63. The first-order valence-corrected chi connectivity index (χ1v) is 8.07. The van der Waals surface area contributed by atoms with Crippen LogP contribution in [0.15, 0.2) is 54.6 Å². The summed E-state index contributed by atoms with van der Waals surface area (Å²) < 4.78 is 11.0. The Balaban J connectivity index is 1.70. The van der Waals surface area contributed by atoms with Crippen molar-refractivity contribution >= 4 is 11.9 Å². The Labute approximate surface area is 145 Å². The van der Waals surface area contributed by atoms with E-state index in [9.17, 15) is 9.59 Å². The normalized spacial score (nSPS) is 17.1. The van der Waals surface area contributed by atoms with Crippen LogP contribution in [0, 0.1) is 0 Å². The molecule has 25 heavy (non-hydrogen) atoms. The van der Waals surface area contributed by atoms with E-state index in [1.54, 1.807) is 29.2 Å². The maximum atomic E-state index is 12.7. The Kier molecular flexibility index (Phi) is 5.30. The van der Waals surface area contributed by atoms with Gasteiger partial charge in [0.15, 0.2) is 0 Å². The van der Waals surface area contributed by atoms with E-state index in [1.165, 1.54) is 0 Å². The largest absolute Gasteiger partial charge is 0.481 e. The molecule has 0 saturated carbocycles. The van der Waals surface area contributed by atoms with Crippen molar-refractivity contribution < 1.29 is 24.2 Å². The lowest BCUT2D eigenvalue weighted by Gasteiger charge is -2.34. The van der Waals surface area contributed by atoms with Crippen LogP contribution in [0.3, 0.4) is 0 Å². The van der Waals surface area contributed by atoms with Crippen molar-refractivity contribution in [1.82, 2.24) is 4.90 Å². The van der Waals surface area contributed by atoms with Gasteiger partial charge in [-0.25, -0.2) is 0 Å². The van der Waals surface area contributed by atoms with E-state index >= 15 is 0 Å². The highest BCUT2D eigenvalue weighted by Crippen LogP contribution is 2.22. The molecule has 3 rings (SSSR count). The molecule has 1 heterocycles. The molecule has 1 aliphatic rings. The number of para-hydroxylation sites is 1. The number of carboxylic acids is 1. The van der Waals surface area contributed by atoms with Gasteiger partial charge in [-0.1, -0.05) is 18.2 Å². The number of hydrogen-bond acceptors (Lipinski definition) is 4. The Hall–Kier alpha value is -2.86. The van der Waals surface area contributed by atoms with Crippen LogP contribution in [0.25, 0.3) is 0 Å². The molecule has 130 valence electrons. The minimum absolute atomic E-state index is 0.124. The second-order valence-electron chi connectivity index (χ2n) is 5.76. The lowest BCUT2D eigenvalue weighted by atomic mass is 10.1. The maximum Gasteiger partial charge on any atom is 0.305 e. The number of carbonyl (C=O) groups is 2. The SMILES string of the molecule is O=C(O)C[C@H]1COCCN1C(=O)c1ccc(Oc2ccccc2)cc1. The molecule has 0 aliphatic carbocycles. The smallest absolute Gasteiger partial charge is 0.305 e. The van der Waals surface area contributed by atoms with E-state index in [0.29, 0.717) is 24.5 Å². The zero-order chi connectivity index (χ0) is 17.6. The quantitative estimate of drug-likeness (QED) is 0.905. The van der Waals surface area contributed by atoms with Crippen LogP contribution in [0.2, 0.25) is 0 Å². The maximum absolute atomic E-state index is 12.7. The second kappa shape index (κ2) is 7.81. The van der Waals surface area contributed by atoms with Gasteiger partial charge in [-0.15, -0.1) is 0 Å². The molecule has 1 fully saturated rings. The van der Waals surface area contributed by atoms with Crippen LogP contribution in [0.5, 0.6) is 11.5 Å². The van der Waals surface area contributed by atoms with Crippen LogP contribution in [-0.2, 0) is 9.53 Å². The van der Waals surface area contributed by atoms with Gasteiger partial charge in [-0.05, 0) is 36.4 Å². The molecule has 0 unspecified atom stereocenters. The lowest BCUT2D eigenvalue weighted by Crippen LogP contribution is -2.49. The van der Waals surface area contributed by atoms with Gasteiger partial charge in [0, 0.05) is 12.1 Å². The Morgan fingerprint density at radius 1 is 1.08 bits per heavy atom. The molecule has 0 radical (unpaired) electrons. The number of carboxylic acid groups (broad SMARTS) is 1. The van der Waals surface area contributed by atoms with E-state index in [4.69, 9.17) is 14.6 Å². The molecule has 1 aliphatic heterocycles. The Morgan fingerprint density at radius 3 is 2.44 bits per heavy atom. The molecule has 6 nitrogen and oxygen atoms in total. The highest BCUT2D eigenvalue weighted by Gasteiger charge is 2.29. The van der Waals surface area contributed by atoms with Gasteiger partial charge in [0.1, 0.15) is 11.5 Å². The third-order valence-electron chi connectivity index (χ3n) is 3.98. The third-order valence-corrected chi connectivity index (χ3v) is 3.98. The first kappa shape index (κ1) is 17.0. The molecule has 6 heteroatoms. The van der Waals surface area contributed by atoms with Crippen LogP contribution in [0.1, 0.15) is 16.8 Å². The van der Waals surface area contributed by atoms with Crippen molar-refractivity contribution in [3.63, 3.8) is 0 Å². The molecular formula is C19H19NO5. The fourth-order valence-electron chi connectivity index (χ4n) is 2.75. The summed E-state index contributed by atoms with van der Waals surface area (Å²) in [5, 5.41) is 9.00. The fourth-order valence-corrected chi connectivity index (χ4v) is 2.75. The summed E-state index contributed by atoms with van der Waals surface area (Å²) in [5.74, 6) is 0.212. The van der Waals surface area contributed by atoms with Crippen LogP contribution >= 0.6 is 0 Å². The number of hydrogen-bond donors (Lipinski definition) is 1. The van der Waals surface area contributed by atoms with Crippen molar-refractivity contribution in [3.8, 4) is 11.5 Å². The lowest BCUT2D eigenvalue weighted by molar-refractivity contribution is -0.139. The zero-order valence-electron chi connectivity index (χ0n) is 13.6. The summed E-state index contributed by atoms with van der Waals surface area (Å²) in [5.41, 5.74) is 0.498. The molecule has 0 bridgehead atoms.